The van der Waals surface area contributed by atoms with Crippen molar-refractivity contribution in [2.24, 2.45) is 0 Å². The second-order valence-corrected chi connectivity index (χ2v) is 4.09. The molecule has 1 rings (SSSR count). The number of aliphatic carboxylic acids is 1. The van der Waals surface area contributed by atoms with E-state index in [9.17, 15) is 19.3 Å². The van der Waals surface area contributed by atoms with Gasteiger partial charge in [0.15, 0.2) is 0 Å². The van der Waals surface area contributed by atoms with Gasteiger partial charge in [0.05, 0.1) is 4.92 Å². The molecule has 1 aromatic rings. The molecular weight excluding hydrogens is 255 g/mol. The molecule has 6 nitrogen and oxygen atoms in total. The summed E-state index contributed by atoms with van der Waals surface area (Å²) in [6.07, 6.45) is 1.06. The molecule has 0 aromatic heterocycles. The van der Waals surface area contributed by atoms with Crippen LogP contribution in [0.5, 0.6) is 0 Å². The van der Waals surface area contributed by atoms with Gasteiger partial charge in [-0.3, -0.25) is 14.9 Å². The number of carboxylic acids is 1. The standard InChI is InChI=1S/C12H15FN2O4/c1-2-3-10(12(16)17)14-7-8-6-9(13)4-5-11(8)15(18)19/h4-6,10,14H,2-3,7H2,1H3,(H,16,17). The first kappa shape index (κ1) is 15.0. The highest BCUT2D eigenvalue weighted by atomic mass is 19.1. The predicted octanol–water partition coefficient (Wildman–Crippen LogP) is 2.08. The second-order valence-electron chi connectivity index (χ2n) is 4.09. The third kappa shape index (κ3) is 4.29. The molecule has 0 amide bonds. The van der Waals surface area contributed by atoms with Crippen LogP contribution in [0.25, 0.3) is 0 Å². The first-order chi connectivity index (χ1) is 8.95. The Hall–Kier alpha value is -2.02. The second kappa shape index (κ2) is 6.79. The van der Waals surface area contributed by atoms with E-state index in [1.165, 1.54) is 0 Å². The van der Waals surface area contributed by atoms with Crippen molar-refractivity contribution in [2.45, 2.75) is 32.4 Å². The van der Waals surface area contributed by atoms with Gasteiger partial charge in [0, 0.05) is 18.2 Å². The summed E-state index contributed by atoms with van der Waals surface area (Å²) < 4.78 is 13.1. The molecule has 0 saturated heterocycles. The molecule has 1 unspecified atom stereocenters. The molecule has 0 saturated carbocycles. The molecule has 0 aliphatic carbocycles. The van der Waals surface area contributed by atoms with Crippen molar-refractivity contribution < 1.29 is 19.2 Å². The number of rotatable bonds is 7. The molecule has 0 heterocycles. The molecule has 2 N–H and O–H groups in total. The summed E-state index contributed by atoms with van der Waals surface area (Å²) in [4.78, 5) is 21.1. The SMILES string of the molecule is CCCC(NCc1cc(F)ccc1[N+](=O)[O-])C(=O)O. The summed E-state index contributed by atoms with van der Waals surface area (Å²) in [5, 5.41) is 22.4. The van der Waals surface area contributed by atoms with Gasteiger partial charge in [-0.25, -0.2) is 4.39 Å². The van der Waals surface area contributed by atoms with Gasteiger partial charge in [-0.05, 0) is 18.6 Å². The van der Waals surface area contributed by atoms with Crippen LogP contribution in [-0.2, 0) is 11.3 Å². The first-order valence-electron chi connectivity index (χ1n) is 5.84. The lowest BCUT2D eigenvalue weighted by atomic mass is 10.1. The number of nitrogens with zero attached hydrogens (tertiary/aromatic N) is 1. The van der Waals surface area contributed by atoms with Gasteiger partial charge in [-0.1, -0.05) is 13.3 Å². The average Bonchev–Trinajstić information content (AvgIpc) is 2.33. The number of hydrogen-bond acceptors (Lipinski definition) is 4. The van der Waals surface area contributed by atoms with Crippen LogP contribution in [0.3, 0.4) is 0 Å². The summed E-state index contributed by atoms with van der Waals surface area (Å²) in [6, 6.07) is 2.31. The molecule has 0 aliphatic heterocycles. The minimum Gasteiger partial charge on any atom is -0.480 e. The Morgan fingerprint density at radius 1 is 1.58 bits per heavy atom. The molecular formula is C12H15FN2O4. The minimum atomic E-state index is -1.03. The lowest BCUT2D eigenvalue weighted by molar-refractivity contribution is -0.385. The van der Waals surface area contributed by atoms with Crippen molar-refractivity contribution in [1.82, 2.24) is 5.32 Å². The molecule has 1 atom stereocenters. The Kier molecular flexibility index (Phi) is 5.37. The number of carboxylic acid groups (broad SMARTS) is 1. The maximum atomic E-state index is 13.1. The van der Waals surface area contributed by atoms with E-state index < -0.39 is 22.8 Å². The van der Waals surface area contributed by atoms with Crippen LogP contribution < -0.4 is 5.32 Å². The van der Waals surface area contributed by atoms with Gasteiger partial charge in [-0.15, -0.1) is 0 Å². The summed E-state index contributed by atoms with van der Waals surface area (Å²) in [6.45, 7) is 1.77. The highest BCUT2D eigenvalue weighted by molar-refractivity contribution is 5.73. The van der Waals surface area contributed by atoms with E-state index >= 15 is 0 Å². The Morgan fingerprint density at radius 2 is 2.26 bits per heavy atom. The number of nitrogens with one attached hydrogen (secondary N) is 1. The average molecular weight is 270 g/mol. The third-order valence-corrected chi connectivity index (χ3v) is 2.65. The third-order valence-electron chi connectivity index (χ3n) is 2.65. The highest BCUT2D eigenvalue weighted by Crippen LogP contribution is 2.19. The molecule has 0 bridgehead atoms. The van der Waals surface area contributed by atoms with Crippen LogP contribution in [0.2, 0.25) is 0 Å². The zero-order valence-electron chi connectivity index (χ0n) is 10.4. The quantitative estimate of drug-likeness (QED) is 0.584. The van der Waals surface area contributed by atoms with Crippen molar-refractivity contribution in [3.8, 4) is 0 Å². The fourth-order valence-electron chi connectivity index (χ4n) is 1.71. The lowest BCUT2D eigenvalue weighted by Crippen LogP contribution is -2.36. The smallest absolute Gasteiger partial charge is 0.320 e. The topological polar surface area (TPSA) is 92.5 Å². The summed E-state index contributed by atoms with van der Waals surface area (Å²) in [7, 11) is 0. The van der Waals surface area contributed by atoms with E-state index in [1.807, 2.05) is 6.92 Å². The maximum Gasteiger partial charge on any atom is 0.320 e. The van der Waals surface area contributed by atoms with Crippen molar-refractivity contribution in [3.05, 3.63) is 39.7 Å². The molecule has 0 fully saturated rings. The Bertz CT molecular complexity index is 479. The van der Waals surface area contributed by atoms with Gasteiger partial charge in [0.2, 0.25) is 0 Å². The normalized spacial score (nSPS) is 12.1. The number of hydrogen-bond donors (Lipinski definition) is 2. The van der Waals surface area contributed by atoms with Crippen molar-refractivity contribution in [2.75, 3.05) is 0 Å². The van der Waals surface area contributed by atoms with Gasteiger partial charge in [-0.2, -0.15) is 0 Å². The van der Waals surface area contributed by atoms with Gasteiger partial charge in [0.1, 0.15) is 11.9 Å². The van der Waals surface area contributed by atoms with Crippen molar-refractivity contribution in [3.63, 3.8) is 0 Å². The van der Waals surface area contributed by atoms with Crippen molar-refractivity contribution >= 4 is 11.7 Å². The highest BCUT2D eigenvalue weighted by Gasteiger charge is 2.19. The van der Waals surface area contributed by atoms with E-state index in [4.69, 9.17) is 5.11 Å². The van der Waals surface area contributed by atoms with Gasteiger partial charge < -0.3 is 10.4 Å². The largest absolute Gasteiger partial charge is 0.480 e. The predicted molar refractivity (Wildman–Crippen MR) is 66.2 cm³/mol. The molecule has 19 heavy (non-hydrogen) atoms. The molecule has 1 aromatic carbocycles. The number of benzene rings is 1. The van der Waals surface area contributed by atoms with E-state index in [2.05, 4.69) is 5.32 Å². The zero-order chi connectivity index (χ0) is 14.4. The number of carbonyl (C=O) groups is 1. The monoisotopic (exact) mass is 270 g/mol. The fraction of sp³-hybridized carbons (Fsp3) is 0.417. The van der Waals surface area contributed by atoms with Crippen LogP contribution in [0.15, 0.2) is 18.2 Å². The van der Waals surface area contributed by atoms with Gasteiger partial charge in [0.25, 0.3) is 5.69 Å². The van der Waals surface area contributed by atoms with Crippen LogP contribution >= 0.6 is 0 Å². The summed E-state index contributed by atoms with van der Waals surface area (Å²) in [5.41, 5.74) is -0.0955. The van der Waals surface area contributed by atoms with E-state index in [0.29, 0.717) is 12.8 Å². The van der Waals surface area contributed by atoms with Crippen LogP contribution in [0, 0.1) is 15.9 Å². The summed E-state index contributed by atoms with van der Waals surface area (Å²) in [5.74, 6) is -1.62. The minimum absolute atomic E-state index is 0.0644. The lowest BCUT2D eigenvalue weighted by Gasteiger charge is -2.13. The fourth-order valence-corrected chi connectivity index (χ4v) is 1.71. The zero-order valence-corrected chi connectivity index (χ0v) is 10.4. The molecule has 7 heteroatoms. The van der Waals surface area contributed by atoms with E-state index in [1.54, 1.807) is 0 Å². The molecule has 0 aliphatic rings. The van der Waals surface area contributed by atoms with Crippen LogP contribution in [0.1, 0.15) is 25.3 Å². The number of halogens is 1. The van der Waals surface area contributed by atoms with E-state index in [-0.39, 0.29) is 17.8 Å². The maximum absolute atomic E-state index is 13.1. The van der Waals surface area contributed by atoms with Gasteiger partial charge >= 0.3 is 5.97 Å². The number of nitro groups is 1. The first-order valence-corrected chi connectivity index (χ1v) is 5.84. The van der Waals surface area contributed by atoms with Crippen LogP contribution in [0.4, 0.5) is 10.1 Å². The molecule has 104 valence electrons. The van der Waals surface area contributed by atoms with Crippen LogP contribution in [-0.4, -0.2) is 22.0 Å². The number of nitro benzene ring substituents is 1. The molecule has 0 radical (unpaired) electrons. The van der Waals surface area contributed by atoms with Crippen molar-refractivity contribution in [1.29, 1.82) is 0 Å². The summed E-state index contributed by atoms with van der Waals surface area (Å²) >= 11 is 0. The Morgan fingerprint density at radius 3 is 2.79 bits per heavy atom. The Balaban J connectivity index is 2.83. The molecule has 0 spiro atoms. The van der Waals surface area contributed by atoms with E-state index in [0.717, 1.165) is 18.2 Å². The Labute approximate surface area is 109 Å².